The summed E-state index contributed by atoms with van der Waals surface area (Å²) in [4.78, 5) is 42.8. The van der Waals surface area contributed by atoms with Crippen LogP contribution in [0.25, 0.3) is 22.1 Å². The van der Waals surface area contributed by atoms with Gasteiger partial charge < -0.3 is 15.1 Å². The van der Waals surface area contributed by atoms with Gasteiger partial charge in [0.15, 0.2) is 16.9 Å². The van der Waals surface area contributed by atoms with E-state index in [1.807, 2.05) is 6.08 Å². The van der Waals surface area contributed by atoms with Crippen LogP contribution in [0.1, 0.15) is 35.8 Å². The molecule has 2 aliphatic heterocycles. The Morgan fingerprint density at radius 3 is 2.89 bits per heavy atom. The Labute approximate surface area is 222 Å². The van der Waals surface area contributed by atoms with Crippen molar-refractivity contribution in [1.29, 1.82) is 0 Å². The SMILES string of the molecule is Nc1ncnc2c1c(C(=O)Nc1nc3cc(Cl)ccc3o1)nn2[C@@H]1CCN(C(=O)C=CCN2CCCC2)C1. The third kappa shape index (κ3) is 4.68. The molecule has 0 spiro atoms. The van der Waals surface area contributed by atoms with Crippen LogP contribution in [-0.2, 0) is 4.79 Å². The van der Waals surface area contributed by atoms with Crippen molar-refractivity contribution in [2.45, 2.75) is 25.3 Å². The van der Waals surface area contributed by atoms with Crippen LogP contribution in [-0.4, -0.2) is 79.1 Å². The van der Waals surface area contributed by atoms with Gasteiger partial charge in [-0.1, -0.05) is 17.7 Å². The number of amides is 2. The highest BCUT2D eigenvalue weighted by Gasteiger charge is 2.31. The third-order valence-corrected chi connectivity index (χ3v) is 7.18. The summed E-state index contributed by atoms with van der Waals surface area (Å²) < 4.78 is 7.28. The van der Waals surface area contributed by atoms with Gasteiger partial charge in [0.05, 0.1) is 11.4 Å². The van der Waals surface area contributed by atoms with E-state index in [2.05, 4.69) is 30.3 Å². The van der Waals surface area contributed by atoms with Crippen LogP contribution in [0.4, 0.5) is 11.8 Å². The number of oxazole rings is 1. The van der Waals surface area contributed by atoms with Crippen LogP contribution in [0, 0.1) is 0 Å². The fourth-order valence-corrected chi connectivity index (χ4v) is 5.20. The number of nitrogens with one attached hydrogen (secondary N) is 1. The maximum absolute atomic E-state index is 13.3. The second-order valence-electron chi connectivity index (χ2n) is 9.47. The van der Waals surface area contributed by atoms with Gasteiger partial charge in [-0.15, -0.1) is 0 Å². The standard InChI is InChI=1S/C25H26ClN9O3/c26-15-5-6-18-17(12-15)30-25(38-18)31-24(37)21-20-22(27)28-14-29-23(20)35(32-21)16-7-11-34(13-16)19(36)4-3-10-33-8-1-2-9-33/h3-6,12,14,16H,1-2,7-11,13H2,(H2,27,28,29)(H,30,31,37)/t16-/m1/s1. The van der Waals surface area contributed by atoms with E-state index < -0.39 is 5.91 Å². The number of nitrogen functional groups attached to an aromatic ring is 1. The molecule has 6 rings (SSSR count). The first-order chi connectivity index (χ1) is 18.5. The number of aromatic nitrogens is 5. The highest BCUT2D eigenvalue weighted by atomic mass is 35.5. The smallest absolute Gasteiger partial charge is 0.302 e. The molecule has 3 aromatic heterocycles. The molecule has 1 aromatic carbocycles. The number of carbonyl (C=O) groups is 2. The van der Waals surface area contributed by atoms with Crippen LogP contribution >= 0.6 is 11.6 Å². The molecule has 2 saturated heterocycles. The number of anilines is 2. The van der Waals surface area contributed by atoms with E-state index in [1.54, 1.807) is 33.9 Å². The zero-order chi connectivity index (χ0) is 26.2. The van der Waals surface area contributed by atoms with Crippen molar-refractivity contribution in [1.82, 2.24) is 34.5 Å². The van der Waals surface area contributed by atoms with Crippen molar-refractivity contribution in [3.8, 4) is 0 Å². The van der Waals surface area contributed by atoms with Gasteiger partial charge in [-0.2, -0.15) is 10.1 Å². The summed E-state index contributed by atoms with van der Waals surface area (Å²) in [5.41, 5.74) is 7.61. The number of rotatable bonds is 6. The summed E-state index contributed by atoms with van der Waals surface area (Å²) in [5.74, 6) is -0.471. The molecule has 0 unspecified atom stereocenters. The largest absolute Gasteiger partial charge is 0.423 e. The van der Waals surface area contributed by atoms with E-state index in [0.29, 0.717) is 46.7 Å². The van der Waals surface area contributed by atoms with E-state index in [9.17, 15) is 9.59 Å². The van der Waals surface area contributed by atoms with E-state index >= 15 is 0 Å². The van der Waals surface area contributed by atoms with Gasteiger partial charge in [-0.05, 0) is 50.6 Å². The normalized spacial score (nSPS) is 18.3. The predicted molar refractivity (Wildman–Crippen MR) is 142 cm³/mol. The molecule has 2 amide bonds. The van der Waals surface area contributed by atoms with Crippen LogP contribution in [0.3, 0.4) is 0 Å². The quantitative estimate of drug-likeness (QED) is 0.355. The molecule has 3 N–H and O–H groups in total. The minimum absolute atomic E-state index is 0.00347. The Balaban J connectivity index is 1.21. The van der Waals surface area contributed by atoms with Crippen molar-refractivity contribution in [3.05, 3.63) is 47.4 Å². The molecule has 4 aromatic rings. The van der Waals surface area contributed by atoms with Crippen molar-refractivity contribution in [3.63, 3.8) is 0 Å². The molecule has 13 heteroatoms. The van der Waals surface area contributed by atoms with Gasteiger partial charge in [0.2, 0.25) is 5.91 Å². The van der Waals surface area contributed by atoms with Gasteiger partial charge >= 0.3 is 6.01 Å². The number of halogens is 1. The lowest BCUT2D eigenvalue weighted by atomic mass is 10.2. The van der Waals surface area contributed by atoms with Gasteiger partial charge in [0.25, 0.3) is 5.91 Å². The number of nitrogens with two attached hydrogens (primary N) is 1. The molecular weight excluding hydrogens is 510 g/mol. The zero-order valence-corrected chi connectivity index (χ0v) is 21.3. The second kappa shape index (κ2) is 10.0. The Morgan fingerprint density at radius 2 is 2.05 bits per heavy atom. The summed E-state index contributed by atoms with van der Waals surface area (Å²) in [5, 5.41) is 8.05. The Bertz CT molecular complexity index is 1560. The maximum Gasteiger partial charge on any atom is 0.302 e. The first-order valence-corrected chi connectivity index (χ1v) is 12.9. The number of fused-ring (bicyclic) bond motifs is 2. The topological polar surface area (TPSA) is 148 Å². The number of benzene rings is 1. The molecule has 1 atom stereocenters. The van der Waals surface area contributed by atoms with Crippen molar-refractivity contribution in [2.75, 3.05) is 43.8 Å². The van der Waals surface area contributed by atoms with Crippen LogP contribution in [0.5, 0.6) is 0 Å². The lowest BCUT2D eigenvalue weighted by Crippen LogP contribution is -2.28. The fraction of sp³-hybridized carbons (Fsp3) is 0.360. The molecule has 38 heavy (non-hydrogen) atoms. The molecule has 0 aliphatic carbocycles. The maximum atomic E-state index is 13.3. The zero-order valence-electron chi connectivity index (χ0n) is 20.5. The summed E-state index contributed by atoms with van der Waals surface area (Å²) in [6.07, 6.45) is 8.01. The van der Waals surface area contributed by atoms with Gasteiger partial charge in [0, 0.05) is 30.7 Å². The Morgan fingerprint density at radius 1 is 1.21 bits per heavy atom. The number of hydrogen-bond donors (Lipinski definition) is 2. The molecule has 196 valence electrons. The summed E-state index contributed by atoms with van der Waals surface area (Å²) in [6, 6.07) is 4.82. The third-order valence-electron chi connectivity index (χ3n) is 6.95. The minimum Gasteiger partial charge on any atom is -0.423 e. The minimum atomic E-state index is -0.566. The van der Waals surface area contributed by atoms with Gasteiger partial charge in [-0.3, -0.25) is 19.8 Å². The Hall–Kier alpha value is -4.03. The van der Waals surface area contributed by atoms with E-state index in [0.717, 1.165) is 19.6 Å². The number of hydrogen-bond acceptors (Lipinski definition) is 9. The average molecular weight is 536 g/mol. The molecule has 0 radical (unpaired) electrons. The lowest BCUT2D eigenvalue weighted by Gasteiger charge is -2.15. The van der Waals surface area contributed by atoms with Crippen molar-refractivity contribution >= 4 is 57.4 Å². The molecule has 2 aliphatic rings. The van der Waals surface area contributed by atoms with E-state index in [-0.39, 0.29) is 29.5 Å². The average Bonchev–Trinajstić information content (AvgIpc) is 3.69. The van der Waals surface area contributed by atoms with Crippen LogP contribution in [0.15, 0.2) is 41.1 Å². The predicted octanol–water partition coefficient (Wildman–Crippen LogP) is 2.88. The highest BCUT2D eigenvalue weighted by Crippen LogP contribution is 2.30. The summed E-state index contributed by atoms with van der Waals surface area (Å²) in [7, 11) is 0. The molecule has 12 nitrogen and oxygen atoms in total. The van der Waals surface area contributed by atoms with Crippen molar-refractivity contribution in [2.24, 2.45) is 0 Å². The molecule has 0 bridgehead atoms. The number of carbonyl (C=O) groups excluding carboxylic acids is 2. The van der Waals surface area contributed by atoms with Crippen LogP contribution < -0.4 is 11.1 Å². The molecule has 2 fully saturated rings. The van der Waals surface area contributed by atoms with Gasteiger partial charge in [-0.25, -0.2) is 14.6 Å². The highest BCUT2D eigenvalue weighted by molar-refractivity contribution is 6.31. The summed E-state index contributed by atoms with van der Waals surface area (Å²) in [6.45, 7) is 3.97. The van der Waals surface area contributed by atoms with E-state index in [4.69, 9.17) is 21.8 Å². The first kappa shape index (κ1) is 24.3. The van der Waals surface area contributed by atoms with E-state index in [1.165, 1.54) is 19.2 Å². The number of nitrogens with zero attached hydrogens (tertiary/aromatic N) is 7. The molecular formula is C25H26ClN9O3. The van der Waals surface area contributed by atoms with Crippen molar-refractivity contribution < 1.29 is 14.0 Å². The molecule has 5 heterocycles. The first-order valence-electron chi connectivity index (χ1n) is 12.5. The molecule has 0 saturated carbocycles. The number of likely N-dealkylation sites (tertiary alicyclic amines) is 2. The fourth-order valence-electron chi connectivity index (χ4n) is 5.03. The second-order valence-corrected chi connectivity index (χ2v) is 9.91. The summed E-state index contributed by atoms with van der Waals surface area (Å²) >= 11 is 6.02. The lowest BCUT2D eigenvalue weighted by molar-refractivity contribution is -0.125. The van der Waals surface area contributed by atoms with Gasteiger partial charge in [0.1, 0.15) is 17.7 Å². The van der Waals surface area contributed by atoms with Crippen LogP contribution in [0.2, 0.25) is 5.02 Å². The monoisotopic (exact) mass is 535 g/mol. The Kier molecular flexibility index (Phi) is 6.42.